The molecular formula is C13H15ClN2O3. The van der Waals surface area contributed by atoms with Gasteiger partial charge >= 0.3 is 0 Å². The van der Waals surface area contributed by atoms with Gasteiger partial charge < -0.3 is 14.4 Å². The zero-order chi connectivity index (χ0) is 13.7. The molecule has 1 heterocycles. The maximum atomic E-state index is 9.23. The number of aliphatic hydroxyl groups is 1. The fourth-order valence-corrected chi connectivity index (χ4v) is 1.89. The molecule has 0 radical (unpaired) electrons. The number of hydrogen-bond acceptors (Lipinski definition) is 5. The van der Waals surface area contributed by atoms with Crippen LogP contribution in [0.25, 0.3) is 0 Å². The van der Waals surface area contributed by atoms with Gasteiger partial charge in [0.25, 0.3) is 0 Å². The standard InChI is InChI=1S/C13H15ClN2O3/c1-2-4-12-15-11(16-19-12)8-18-13-9(7-17)5-3-6-10(13)14/h3,5-6,17H,2,4,7-8H2,1H3. The first-order valence-corrected chi connectivity index (χ1v) is 6.45. The SMILES string of the molecule is CCCc1nc(COc2c(Cl)cccc2CO)no1. The minimum Gasteiger partial charge on any atom is -0.484 e. The van der Waals surface area contributed by atoms with E-state index in [0.29, 0.717) is 28.1 Å². The number of aliphatic hydroxyl groups excluding tert-OH is 1. The minimum atomic E-state index is -0.136. The van der Waals surface area contributed by atoms with Crippen LogP contribution in [-0.2, 0) is 19.6 Å². The van der Waals surface area contributed by atoms with Gasteiger partial charge in [0.1, 0.15) is 5.75 Å². The summed E-state index contributed by atoms with van der Waals surface area (Å²) in [4.78, 5) is 4.19. The van der Waals surface area contributed by atoms with E-state index in [1.165, 1.54) is 0 Å². The molecule has 0 amide bonds. The molecule has 0 unspecified atom stereocenters. The molecule has 0 spiro atoms. The molecule has 0 bridgehead atoms. The molecule has 19 heavy (non-hydrogen) atoms. The van der Waals surface area contributed by atoms with E-state index in [-0.39, 0.29) is 13.2 Å². The summed E-state index contributed by atoms with van der Waals surface area (Å²) in [6.07, 6.45) is 1.70. The Balaban J connectivity index is 2.05. The number of ether oxygens (including phenoxy) is 1. The van der Waals surface area contributed by atoms with Gasteiger partial charge in [-0.15, -0.1) is 0 Å². The third kappa shape index (κ3) is 3.45. The van der Waals surface area contributed by atoms with Crippen LogP contribution >= 0.6 is 11.6 Å². The molecular weight excluding hydrogens is 268 g/mol. The van der Waals surface area contributed by atoms with E-state index in [2.05, 4.69) is 10.1 Å². The third-order valence-electron chi connectivity index (χ3n) is 2.54. The van der Waals surface area contributed by atoms with Gasteiger partial charge in [0, 0.05) is 12.0 Å². The van der Waals surface area contributed by atoms with Crippen LogP contribution in [0, 0.1) is 0 Å². The molecule has 0 aliphatic rings. The van der Waals surface area contributed by atoms with Crippen LogP contribution in [0.15, 0.2) is 22.7 Å². The molecule has 2 aromatic rings. The molecule has 0 atom stereocenters. The van der Waals surface area contributed by atoms with E-state index >= 15 is 0 Å². The highest BCUT2D eigenvalue weighted by Crippen LogP contribution is 2.29. The second kappa shape index (κ2) is 6.54. The lowest BCUT2D eigenvalue weighted by Gasteiger charge is -2.09. The predicted octanol–water partition coefficient (Wildman–Crippen LogP) is 2.75. The van der Waals surface area contributed by atoms with Gasteiger partial charge in [-0.3, -0.25) is 0 Å². The Morgan fingerprint density at radius 1 is 1.42 bits per heavy atom. The Morgan fingerprint density at radius 2 is 2.26 bits per heavy atom. The lowest BCUT2D eigenvalue weighted by Crippen LogP contribution is -2.01. The summed E-state index contributed by atoms with van der Waals surface area (Å²) < 4.78 is 10.6. The lowest BCUT2D eigenvalue weighted by atomic mass is 10.2. The summed E-state index contributed by atoms with van der Waals surface area (Å²) in [6, 6.07) is 5.21. The number of para-hydroxylation sites is 1. The smallest absolute Gasteiger partial charge is 0.226 e. The first kappa shape index (κ1) is 13.8. The molecule has 1 aromatic carbocycles. The van der Waals surface area contributed by atoms with Crippen molar-refractivity contribution < 1.29 is 14.4 Å². The molecule has 1 aromatic heterocycles. The fraction of sp³-hybridized carbons (Fsp3) is 0.385. The highest BCUT2D eigenvalue weighted by molar-refractivity contribution is 6.32. The second-order valence-electron chi connectivity index (χ2n) is 4.03. The molecule has 102 valence electrons. The Bertz CT molecular complexity index is 542. The van der Waals surface area contributed by atoms with Crippen LogP contribution in [0.1, 0.15) is 30.6 Å². The van der Waals surface area contributed by atoms with Gasteiger partial charge in [0.2, 0.25) is 11.7 Å². The van der Waals surface area contributed by atoms with Crippen LogP contribution in [0.4, 0.5) is 0 Å². The van der Waals surface area contributed by atoms with Crippen molar-refractivity contribution in [1.29, 1.82) is 0 Å². The minimum absolute atomic E-state index is 0.136. The van der Waals surface area contributed by atoms with Crippen molar-refractivity contribution in [2.75, 3.05) is 0 Å². The molecule has 0 aliphatic heterocycles. The van der Waals surface area contributed by atoms with Crippen molar-refractivity contribution >= 4 is 11.6 Å². The summed E-state index contributed by atoms with van der Waals surface area (Å²) in [6.45, 7) is 2.06. The maximum Gasteiger partial charge on any atom is 0.226 e. The van der Waals surface area contributed by atoms with Gasteiger partial charge in [0.05, 0.1) is 11.6 Å². The van der Waals surface area contributed by atoms with E-state index in [1.807, 2.05) is 6.92 Å². The van der Waals surface area contributed by atoms with Crippen molar-refractivity contribution in [2.45, 2.75) is 33.0 Å². The van der Waals surface area contributed by atoms with Gasteiger partial charge in [0.15, 0.2) is 6.61 Å². The Labute approximate surface area is 116 Å². The van der Waals surface area contributed by atoms with E-state index in [1.54, 1.807) is 18.2 Å². The fourth-order valence-electron chi connectivity index (χ4n) is 1.64. The number of halogens is 1. The van der Waals surface area contributed by atoms with Crippen molar-refractivity contribution in [3.63, 3.8) is 0 Å². The van der Waals surface area contributed by atoms with Crippen molar-refractivity contribution in [3.8, 4) is 5.75 Å². The lowest BCUT2D eigenvalue weighted by molar-refractivity contribution is 0.253. The first-order valence-electron chi connectivity index (χ1n) is 6.07. The highest BCUT2D eigenvalue weighted by atomic mass is 35.5. The summed E-state index contributed by atoms with van der Waals surface area (Å²) in [7, 11) is 0. The number of hydrogen-bond donors (Lipinski definition) is 1. The third-order valence-corrected chi connectivity index (χ3v) is 2.84. The van der Waals surface area contributed by atoms with Gasteiger partial charge in [-0.05, 0) is 12.5 Å². The Hall–Kier alpha value is -1.59. The molecule has 1 N–H and O–H groups in total. The Kier molecular flexibility index (Phi) is 4.76. The predicted molar refractivity (Wildman–Crippen MR) is 70.0 cm³/mol. The van der Waals surface area contributed by atoms with Gasteiger partial charge in [-0.2, -0.15) is 4.98 Å². The number of benzene rings is 1. The van der Waals surface area contributed by atoms with Crippen molar-refractivity contribution in [2.24, 2.45) is 0 Å². The molecule has 0 saturated carbocycles. The number of rotatable bonds is 6. The monoisotopic (exact) mass is 282 g/mol. The van der Waals surface area contributed by atoms with E-state index in [4.69, 9.17) is 20.9 Å². The summed E-state index contributed by atoms with van der Waals surface area (Å²) in [5.74, 6) is 1.52. The zero-order valence-electron chi connectivity index (χ0n) is 10.6. The van der Waals surface area contributed by atoms with Crippen LogP contribution in [0.2, 0.25) is 5.02 Å². The molecule has 6 heteroatoms. The van der Waals surface area contributed by atoms with Crippen LogP contribution in [0.3, 0.4) is 0 Å². The number of aromatic nitrogens is 2. The highest BCUT2D eigenvalue weighted by Gasteiger charge is 2.11. The molecule has 2 rings (SSSR count). The quantitative estimate of drug-likeness (QED) is 0.882. The Morgan fingerprint density at radius 3 is 3.00 bits per heavy atom. The molecule has 0 fully saturated rings. The summed E-state index contributed by atoms with van der Waals surface area (Å²) in [5, 5.41) is 13.5. The molecule has 0 saturated heterocycles. The van der Waals surface area contributed by atoms with E-state index < -0.39 is 0 Å². The van der Waals surface area contributed by atoms with Crippen molar-refractivity contribution in [3.05, 3.63) is 40.5 Å². The van der Waals surface area contributed by atoms with Gasteiger partial charge in [-0.25, -0.2) is 0 Å². The second-order valence-corrected chi connectivity index (χ2v) is 4.44. The van der Waals surface area contributed by atoms with E-state index in [9.17, 15) is 5.11 Å². The largest absolute Gasteiger partial charge is 0.484 e. The molecule has 0 aliphatic carbocycles. The van der Waals surface area contributed by atoms with Crippen LogP contribution in [-0.4, -0.2) is 15.2 Å². The first-order chi connectivity index (χ1) is 9.24. The van der Waals surface area contributed by atoms with Crippen LogP contribution in [0.5, 0.6) is 5.75 Å². The normalized spacial score (nSPS) is 10.7. The van der Waals surface area contributed by atoms with Crippen molar-refractivity contribution in [1.82, 2.24) is 10.1 Å². The maximum absolute atomic E-state index is 9.23. The zero-order valence-corrected chi connectivity index (χ0v) is 11.4. The van der Waals surface area contributed by atoms with Crippen LogP contribution < -0.4 is 4.74 Å². The summed E-state index contributed by atoms with van der Waals surface area (Å²) >= 11 is 6.03. The average Bonchev–Trinajstić information content (AvgIpc) is 2.85. The molecule has 5 nitrogen and oxygen atoms in total. The number of nitrogens with zero attached hydrogens (tertiary/aromatic N) is 2. The topological polar surface area (TPSA) is 68.4 Å². The van der Waals surface area contributed by atoms with E-state index in [0.717, 1.165) is 12.8 Å². The average molecular weight is 283 g/mol. The van der Waals surface area contributed by atoms with Gasteiger partial charge in [-0.1, -0.05) is 35.8 Å². The summed E-state index contributed by atoms with van der Waals surface area (Å²) in [5.41, 5.74) is 0.629. The number of aryl methyl sites for hydroxylation is 1.